The molecule has 0 aromatic heterocycles. The lowest BCUT2D eigenvalue weighted by Gasteiger charge is -2.03. The average molecular weight is 217 g/mol. The van der Waals surface area contributed by atoms with E-state index in [0.717, 1.165) is 6.92 Å². The van der Waals surface area contributed by atoms with E-state index in [1.807, 2.05) is 0 Å². The minimum atomic E-state index is -1.68. The van der Waals surface area contributed by atoms with Crippen molar-refractivity contribution < 1.29 is 23.6 Å². The molecule has 0 amide bonds. The summed E-state index contributed by atoms with van der Waals surface area (Å²) in [5, 5.41) is 19.0. The van der Waals surface area contributed by atoms with Gasteiger partial charge in [0, 0.05) is 0 Å². The summed E-state index contributed by atoms with van der Waals surface area (Å²) < 4.78 is 25.7. The Balaban J connectivity index is 3.65. The molecular weight excluding hydrogens is 212 g/mol. The molecular formula is C8H5F2NO4. The zero-order valence-corrected chi connectivity index (χ0v) is 7.45. The van der Waals surface area contributed by atoms with Gasteiger partial charge in [0.1, 0.15) is 5.56 Å². The van der Waals surface area contributed by atoms with Crippen molar-refractivity contribution >= 4 is 11.7 Å². The SMILES string of the molecule is Cc1c(F)c(F)cc(C(=O)O)c1[N+](=O)[O-]. The van der Waals surface area contributed by atoms with E-state index in [4.69, 9.17) is 5.11 Å². The molecule has 1 N–H and O–H groups in total. The number of nitro benzene ring substituents is 1. The monoisotopic (exact) mass is 217 g/mol. The number of hydrogen-bond donors (Lipinski definition) is 1. The predicted molar refractivity (Wildman–Crippen MR) is 44.7 cm³/mol. The van der Waals surface area contributed by atoms with Crippen molar-refractivity contribution in [2.45, 2.75) is 6.92 Å². The zero-order chi connectivity index (χ0) is 11.7. The molecule has 80 valence electrons. The first-order chi connectivity index (χ1) is 6.86. The molecule has 1 aromatic rings. The van der Waals surface area contributed by atoms with Gasteiger partial charge in [0.25, 0.3) is 5.69 Å². The molecule has 1 rings (SSSR count). The summed E-state index contributed by atoms with van der Waals surface area (Å²) in [5.74, 6) is -4.51. The van der Waals surface area contributed by atoms with Gasteiger partial charge in [-0.25, -0.2) is 13.6 Å². The van der Waals surface area contributed by atoms with E-state index in [1.165, 1.54) is 0 Å². The van der Waals surface area contributed by atoms with Crippen LogP contribution in [0.2, 0.25) is 0 Å². The smallest absolute Gasteiger partial charge is 0.342 e. The molecule has 0 atom stereocenters. The first-order valence-electron chi connectivity index (χ1n) is 3.72. The van der Waals surface area contributed by atoms with E-state index in [-0.39, 0.29) is 0 Å². The maximum absolute atomic E-state index is 12.9. The molecule has 0 saturated heterocycles. The number of rotatable bonds is 2. The van der Waals surface area contributed by atoms with Crippen LogP contribution in [0, 0.1) is 28.7 Å². The van der Waals surface area contributed by atoms with Crippen LogP contribution >= 0.6 is 0 Å². The predicted octanol–water partition coefficient (Wildman–Crippen LogP) is 1.88. The molecule has 0 bridgehead atoms. The highest BCUT2D eigenvalue weighted by Gasteiger charge is 2.27. The molecule has 0 aliphatic heterocycles. The number of benzene rings is 1. The number of nitro groups is 1. The fraction of sp³-hybridized carbons (Fsp3) is 0.125. The summed E-state index contributed by atoms with van der Waals surface area (Å²) >= 11 is 0. The van der Waals surface area contributed by atoms with Crippen LogP contribution in [0.25, 0.3) is 0 Å². The maximum Gasteiger partial charge on any atom is 0.342 e. The second kappa shape index (κ2) is 3.60. The molecule has 0 aliphatic rings. The highest BCUT2D eigenvalue weighted by Crippen LogP contribution is 2.27. The number of carboxylic acid groups (broad SMARTS) is 1. The molecule has 5 nitrogen and oxygen atoms in total. The van der Waals surface area contributed by atoms with Gasteiger partial charge in [-0.15, -0.1) is 0 Å². The van der Waals surface area contributed by atoms with Crippen molar-refractivity contribution in [3.8, 4) is 0 Å². The van der Waals surface area contributed by atoms with Gasteiger partial charge in [-0.3, -0.25) is 10.1 Å². The topological polar surface area (TPSA) is 80.4 Å². The van der Waals surface area contributed by atoms with Crippen LogP contribution in [-0.4, -0.2) is 16.0 Å². The number of nitrogens with zero attached hydrogens (tertiary/aromatic N) is 1. The Morgan fingerprint density at radius 2 is 2.07 bits per heavy atom. The Morgan fingerprint density at radius 3 is 2.47 bits per heavy atom. The zero-order valence-electron chi connectivity index (χ0n) is 7.45. The largest absolute Gasteiger partial charge is 0.477 e. The fourth-order valence-corrected chi connectivity index (χ4v) is 1.14. The normalized spacial score (nSPS) is 10.1. The first-order valence-corrected chi connectivity index (χ1v) is 3.72. The standard InChI is InChI=1S/C8H5F2NO4/c1-3-6(10)5(9)2-4(8(12)13)7(3)11(14)15/h2H,1H3,(H,12,13). The van der Waals surface area contributed by atoms with E-state index in [1.54, 1.807) is 0 Å². The van der Waals surface area contributed by atoms with Crippen LogP contribution < -0.4 is 0 Å². The summed E-state index contributed by atoms with van der Waals surface area (Å²) in [7, 11) is 0. The summed E-state index contributed by atoms with van der Waals surface area (Å²) in [5.41, 5.74) is -2.42. The van der Waals surface area contributed by atoms with Crippen molar-refractivity contribution in [1.29, 1.82) is 0 Å². The number of halogens is 2. The average Bonchev–Trinajstić information content (AvgIpc) is 2.12. The molecule has 0 unspecified atom stereocenters. The van der Waals surface area contributed by atoms with Crippen LogP contribution in [0.1, 0.15) is 15.9 Å². The third kappa shape index (κ3) is 1.76. The van der Waals surface area contributed by atoms with Gasteiger partial charge in [0.05, 0.1) is 10.5 Å². The third-order valence-electron chi connectivity index (χ3n) is 1.83. The molecule has 0 heterocycles. The van der Waals surface area contributed by atoms with Gasteiger partial charge in [0.2, 0.25) is 0 Å². The Labute approximate surface area is 82.1 Å². The van der Waals surface area contributed by atoms with Gasteiger partial charge in [-0.05, 0) is 13.0 Å². The van der Waals surface area contributed by atoms with Crippen molar-refractivity contribution in [3.63, 3.8) is 0 Å². The number of aromatic carboxylic acids is 1. The summed E-state index contributed by atoms with van der Waals surface area (Å²) in [6, 6.07) is 0.294. The van der Waals surface area contributed by atoms with Gasteiger partial charge in [-0.2, -0.15) is 0 Å². The van der Waals surface area contributed by atoms with Crippen molar-refractivity contribution in [2.75, 3.05) is 0 Å². The molecule has 1 aromatic carbocycles. The van der Waals surface area contributed by atoms with Gasteiger partial charge in [0.15, 0.2) is 11.6 Å². The van der Waals surface area contributed by atoms with Crippen LogP contribution in [-0.2, 0) is 0 Å². The van der Waals surface area contributed by atoms with Crippen LogP contribution in [0.3, 0.4) is 0 Å². The van der Waals surface area contributed by atoms with E-state index >= 15 is 0 Å². The van der Waals surface area contributed by atoms with Crippen molar-refractivity contribution in [3.05, 3.63) is 38.9 Å². The summed E-state index contributed by atoms with van der Waals surface area (Å²) in [4.78, 5) is 20.0. The Bertz CT molecular complexity index is 458. The number of carbonyl (C=O) groups is 1. The Kier molecular flexibility index (Phi) is 2.65. The second-order valence-electron chi connectivity index (χ2n) is 2.76. The highest BCUT2D eigenvalue weighted by atomic mass is 19.2. The number of hydrogen-bond acceptors (Lipinski definition) is 3. The van der Waals surface area contributed by atoms with E-state index < -0.39 is 39.3 Å². The third-order valence-corrected chi connectivity index (χ3v) is 1.83. The Morgan fingerprint density at radius 1 is 1.53 bits per heavy atom. The minimum Gasteiger partial charge on any atom is -0.477 e. The molecule has 0 aliphatic carbocycles. The summed E-state index contributed by atoms with van der Waals surface area (Å²) in [6.07, 6.45) is 0. The van der Waals surface area contributed by atoms with E-state index in [2.05, 4.69) is 0 Å². The molecule has 0 fully saturated rings. The summed E-state index contributed by atoms with van der Waals surface area (Å²) in [6.45, 7) is 0.947. The van der Waals surface area contributed by atoms with Crippen LogP contribution in [0.15, 0.2) is 6.07 Å². The van der Waals surface area contributed by atoms with E-state index in [0.29, 0.717) is 6.07 Å². The van der Waals surface area contributed by atoms with Gasteiger partial charge in [-0.1, -0.05) is 0 Å². The minimum absolute atomic E-state index is 0.294. The fourth-order valence-electron chi connectivity index (χ4n) is 1.14. The van der Waals surface area contributed by atoms with E-state index in [9.17, 15) is 23.7 Å². The van der Waals surface area contributed by atoms with Crippen molar-refractivity contribution in [2.24, 2.45) is 0 Å². The number of carboxylic acids is 1. The molecule has 0 radical (unpaired) electrons. The van der Waals surface area contributed by atoms with Gasteiger partial charge < -0.3 is 5.11 Å². The lowest BCUT2D eigenvalue weighted by Crippen LogP contribution is -2.07. The van der Waals surface area contributed by atoms with Gasteiger partial charge >= 0.3 is 5.97 Å². The highest BCUT2D eigenvalue weighted by molar-refractivity contribution is 5.93. The molecule has 0 saturated carbocycles. The van der Waals surface area contributed by atoms with Crippen molar-refractivity contribution in [1.82, 2.24) is 0 Å². The lowest BCUT2D eigenvalue weighted by molar-refractivity contribution is -0.386. The first kappa shape index (κ1) is 11.0. The van der Waals surface area contributed by atoms with Crippen LogP contribution in [0.5, 0.6) is 0 Å². The quantitative estimate of drug-likeness (QED) is 0.605. The lowest BCUT2D eigenvalue weighted by atomic mass is 10.1. The van der Waals surface area contributed by atoms with Crippen LogP contribution in [0.4, 0.5) is 14.5 Å². The molecule has 15 heavy (non-hydrogen) atoms. The Hall–Kier alpha value is -2.05. The molecule has 7 heteroatoms. The molecule has 0 spiro atoms. The maximum atomic E-state index is 12.9. The second-order valence-corrected chi connectivity index (χ2v) is 2.76.